The largest absolute Gasteiger partial charge is 0.385 e. The molecule has 0 bridgehead atoms. The van der Waals surface area contributed by atoms with Gasteiger partial charge in [0.1, 0.15) is 12.6 Å². The molecule has 7 nitrogen and oxygen atoms in total. The van der Waals surface area contributed by atoms with Gasteiger partial charge in [-0.15, -0.1) is 0 Å². The molecular weight excluding hydrogens is 412 g/mol. The summed E-state index contributed by atoms with van der Waals surface area (Å²) in [5.41, 5.74) is 4.93. The van der Waals surface area contributed by atoms with Crippen molar-refractivity contribution in [3.63, 3.8) is 0 Å². The standard InChI is InChI=1S/C23H32N4O3S/c1-16(2)22-21-19(18-8-5-6-9-20(18)25-21)10-12-26(22)15-17-14-24-23(31(4,28)29)27(17)11-7-13-30-3/h5-6,8-9,14,16,22,25H,7,10-13,15H2,1-4H3/p+1. The molecule has 0 spiro atoms. The van der Waals surface area contributed by atoms with E-state index in [1.54, 1.807) is 13.3 Å². The van der Waals surface area contributed by atoms with Crippen molar-refractivity contribution in [3.8, 4) is 0 Å². The van der Waals surface area contributed by atoms with Crippen LogP contribution in [0.1, 0.15) is 43.3 Å². The van der Waals surface area contributed by atoms with Crippen LogP contribution in [0.5, 0.6) is 0 Å². The highest BCUT2D eigenvalue weighted by Gasteiger charge is 2.36. The summed E-state index contributed by atoms with van der Waals surface area (Å²) < 4.78 is 31.7. The lowest BCUT2D eigenvalue weighted by Gasteiger charge is -2.35. The maximum Gasteiger partial charge on any atom is 0.227 e. The number of quaternary nitrogens is 1. The van der Waals surface area contributed by atoms with Crippen LogP contribution < -0.4 is 4.90 Å². The zero-order valence-corrected chi connectivity index (χ0v) is 19.6. The van der Waals surface area contributed by atoms with Crippen molar-refractivity contribution in [2.45, 2.75) is 51.0 Å². The predicted molar refractivity (Wildman–Crippen MR) is 121 cm³/mol. The van der Waals surface area contributed by atoms with Gasteiger partial charge in [-0.1, -0.05) is 32.0 Å². The van der Waals surface area contributed by atoms with Crippen molar-refractivity contribution >= 4 is 20.7 Å². The van der Waals surface area contributed by atoms with Gasteiger partial charge in [0.2, 0.25) is 15.0 Å². The number of ether oxygens (including phenoxy) is 1. The molecule has 4 rings (SSSR count). The van der Waals surface area contributed by atoms with Gasteiger partial charge in [0, 0.05) is 49.8 Å². The number of hydrogen-bond acceptors (Lipinski definition) is 4. The van der Waals surface area contributed by atoms with Crippen molar-refractivity contribution in [1.29, 1.82) is 0 Å². The van der Waals surface area contributed by atoms with Gasteiger partial charge in [-0.25, -0.2) is 13.4 Å². The van der Waals surface area contributed by atoms with Crippen molar-refractivity contribution in [2.75, 3.05) is 26.5 Å². The van der Waals surface area contributed by atoms with E-state index in [9.17, 15) is 8.42 Å². The summed E-state index contributed by atoms with van der Waals surface area (Å²) in [5.74, 6) is 0.446. The number of aromatic nitrogens is 3. The van der Waals surface area contributed by atoms with Crippen LogP contribution in [0.2, 0.25) is 0 Å². The Morgan fingerprint density at radius 2 is 2.10 bits per heavy atom. The highest BCUT2D eigenvalue weighted by Crippen LogP contribution is 2.31. The molecule has 0 saturated heterocycles. The first-order valence-electron chi connectivity index (χ1n) is 11.0. The molecule has 1 aliphatic rings. The first-order valence-corrected chi connectivity index (χ1v) is 12.9. The monoisotopic (exact) mass is 445 g/mol. The van der Waals surface area contributed by atoms with Crippen LogP contribution in [-0.2, 0) is 34.1 Å². The number of aromatic amines is 1. The quantitative estimate of drug-likeness (QED) is 0.521. The van der Waals surface area contributed by atoms with E-state index in [0.717, 1.165) is 31.6 Å². The third-order valence-corrected chi connectivity index (χ3v) is 7.32. The minimum Gasteiger partial charge on any atom is -0.385 e. The number of sulfone groups is 1. The number of para-hydroxylation sites is 1. The van der Waals surface area contributed by atoms with E-state index in [1.165, 1.54) is 33.3 Å². The Hall–Kier alpha value is -2.16. The molecule has 2 unspecified atom stereocenters. The molecule has 3 aromatic rings. The van der Waals surface area contributed by atoms with Gasteiger partial charge >= 0.3 is 0 Å². The molecule has 1 aromatic carbocycles. The van der Waals surface area contributed by atoms with Gasteiger partial charge in [-0.05, 0) is 18.1 Å². The lowest BCUT2D eigenvalue weighted by Crippen LogP contribution is -3.12. The molecule has 0 radical (unpaired) electrons. The molecule has 8 heteroatoms. The molecule has 1 aliphatic heterocycles. The number of nitrogens with zero attached hydrogens (tertiary/aromatic N) is 2. The van der Waals surface area contributed by atoms with Crippen LogP contribution in [-0.4, -0.2) is 49.5 Å². The summed E-state index contributed by atoms with van der Waals surface area (Å²) >= 11 is 0. The van der Waals surface area contributed by atoms with Crippen LogP contribution in [0.25, 0.3) is 10.9 Å². The maximum atomic E-state index is 12.3. The number of nitrogens with one attached hydrogen (secondary N) is 2. The number of H-pyrrole nitrogens is 1. The first kappa shape index (κ1) is 22.0. The van der Waals surface area contributed by atoms with E-state index in [2.05, 4.69) is 48.1 Å². The topological polar surface area (TPSA) is 81.4 Å². The number of hydrogen-bond donors (Lipinski definition) is 2. The zero-order chi connectivity index (χ0) is 22.2. The Kier molecular flexibility index (Phi) is 6.23. The second-order valence-corrected chi connectivity index (χ2v) is 10.8. The van der Waals surface area contributed by atoms with E-state index in [4.69, 9.17) is 4.74 Å². The molecule has 2 aromatic heterocycles. The van der Waals surface area contributed by atoms with Gasteiger partial charge in [-0.2, -0.15) is 0 Å². The van der Waals surface area contributed by atoms with Crippen molar-refractivity contribution < 1.29 is 18.1 Å². The molecule has 0 saturated carbocycles. The zero-order valence-electron chi connectivity index (χ0n) is 18.8. The number of methoxy groups -OCH3 is 1. The molecule has 2 N–H and O–H groups in total. The van der Waals surface area contributed by atoms with Crippen molar-refractivity contribution in [3.05, 3.63) is 47.4 Å². The number of fused-ring (bicyclic) bond motifs is 3. The predicted octanol–water partition coefficient (Wildman–Crippen LogP) is 2.14. The number of benzene rings is 1. The molecule has 3 heterocycles. The minimum atomic E-state index is -3.39. The van der Waals surface area contributed by atoms with Crippen molar-refractivity contribution in [1.82, 2.24) is 14.5 Å². The third kappa shape index (κ3) is 4.29. The van der Waals surface area contributed by atoms with Crippen LogP contribution in [0, 0.1) is 5.92 Å². The third-order valence-electron chi connectivity index (χ3n) is 6.33. The fraction of sp³-hybridized carbons (Fsp3) is 0.522. The lowest BCUT2D eigenvalue weighted by atomic mass is 9.90. The normalized spacial score (nSPS) is 19.3. The number of rotatable bonds is 8. The Labute approximate surface area is 184 Å². The average molecular weight is 446 g/mol. The summed E-state index contributed by atoms with van der Waals surface area (Å²) in [5, 5.41) is 1.48. The van der Waals surface area contributed by atoms with Crippen LogP contribution >= 0.6 is 0 Å². The Bertz CT molecular complexity index is 1160. The van der Waals surface area contributed by atoms with Gasteiger partial charge in [-0.3, -0.25) is 0 Å². The fourth-order valence-corrected chi connectivity index (χ4v) is 5.92. The van der Waals surface area contributed by atoms with Crippen LogP contribution in [0.15, 0.2) is 35.6 Å². The van der Waals surface area contributed by atoms with E-state index in [0.29, 0.717) is 25.1 Å². The Balaban J connectivity index is 1.68. The second-order valence-electron chi connectivity index (χ2n) is 8.92. The number of imidazole rings is 1. The molecular formula is C23H33N4O3S+. The average Bonchev–Trinajstić information content (AvgIpc) is 3.29. The Morgan fingerprint density at radius 1 is 1.32 bits per heavy atom. The second kappa shape index (κ2) is 8.76. The van der Waals surface area contributed by atoms with Gasteiger partial charge in [0.05, 0.1) is 24.1 Å². The molecule has 0 amide bonds. The maximum absolute atomic E-state index is 12.3. The van der Waals surface area contributed by atoms with Crippen LogP contribution in [0.4, 0.5) is 0 Å². The van der Waals surface area contributed by atoms with Gasteiger partial charge in [0.25, 0.3) is 0 Å². The van der Waals surface area contributed by atoms with E-state index in [-0.39, 0.29) is 5.16 Å². The highest BCUT2D eigenvalue weighted by atomic mass is 32.2. The highest BCUT2D eigenvalue weighted by molar-refractivity contribution is 7.90. The van der Waals surface area contributed by atoms with Gasteiger partial charge in [0.15, 0.2) is 0 Å². The lowest BCUT2D eigenvalue weighted by molar-refractivity contribution is -0.951. The molecule has 0 fully saturated rings. The van der Waals surface area contributed by atoms with Crippen molar-refractivity contribution in [2.24, 2.45) is 5.92 Å². The summed E-state index contributed by atoms with van der Waals surface area (Å²) in [6, 6.07) is 8.85. The van der Waals surface area contributed by atoms with Gasteiger partial charge < -0.3 is 19.2 Å². The summed E-state index contributed by atoms with van der Waals surface area (Å²) in [6.07, 6.45) is 4.73. The van der Waals surface area contributed by atoms with Crippen LogP contribution in [0.3, 0.4) is 0 Å². The first-order chi connectivity index (χ1) is 14.8. The molecule has 2 atom stereocenters. The molecule has 31 heavy (non-hydrogen) atoms. The minimum absolute atomic E-state index is 0.155. The molecule has 168 valence electrons. The summed E-state index contributed by atoms with van der Waals surface area (Å²) in [4.78, 5) is 9.43. The smallest absolute Gasteiger partial charge is 0.227 e. The Morgan fingerprint density at radius 3 is 2.81 bits per heavy atom. The van der Waals surface area contributed by atoms with E-state index >= 15 is 0 Å². The SMILES string of the molecule is COCCCn1c(C[NH+]2CCc3c([nH]c4ccccc34)C2C(C)C)cnc1S(C)(=O)=O. The summed E-state index contributed by atoms with van der Waals surface area (Å²) in [6.45, 7) is 7.46. The molecule has 0 aliphatic carbocycles. The van der Waals surface area contributed by atoms with E-state index in [1.807, 2.05) is 4.57 Å². The fourth-order valence-electron chi connectivity index (χ4n) is 5.07. The summed E-state index contributed by atoms with van der Waals surface area (Å²) in [7, 11) is -1.73. The van der Waals surface area contributed by atoms with E-state index < -0.39 is 9.84 Å².